The first-order chi connectivity index (χ1) is 16.0. The van der Waals surface area contributed by atoms with E-state index >= 15 is 0 Å². The third-order valence-corrected chi connectivity index (χ3v) is 5.69. The third-order valence-electron chi connectivity index (χ3n) is 5.69. The zero-order valence-electron chi connectivity index (χ0n) is 19.8. The molecule has 182 valence electrons. The van der Waals surface area contributed by atoms with Crippen LogP contribution in [-0.4, -0.2) is 45.3 Å². The van der Waals surface area contributed by atoms with Gasteiger partial charge in [0.15, 0.2) is 0 Å². The van der Waals surface area contributed by atoms with Gasteiger partial charge in [-0.25, -0.2) is 19.2 Å². The average molecular weight is 471 g/mol. The highest BCUT2D eigenvalue weighted by Gasteiger charge is 2.25. The number of ether oxygens (including phenoxy) is 1. The predicted molar refractivity (Wildman–Crippen MR) is 126 cm³/mol. The lowest BCUT2D eigenvalue weighted by Gasteiger charge is -2.19. The van der Waals surface area contributed by atoms with Crippen LogP contribution in [0.1, 0.15) is 98.5 Å². The van der Waals surface area contributed by atoms with Gasteiger partial charge >= 0.3 is 23.9 Å². The highest BCUT2D eigenvalue weighted by molar-refractivity contribution is 6.05. The molecule has 34 heavy (non-hydrogen) atoms. The predicted octanol–water partition coefficient (Wildman–Crippen LogP) is 5.58. The maximum absolute atomic E-state index is 13.1. The molecule has 8 nitrogen and oxygen atoms in total. The van der Waals surface area contributed by atoms with Crippen molar-refractivity contribution in [1.29, 1.82) is 0 Å². The van der Waals surface area contributed by atoms with E-state index < -0.39 is 29.4 Å². The Morgan fingerprint density at radius 2 is 1.15 bits per heavy atom. The van der Waals surface area contributed by atoms with Gasteiger partial charge in [0.25, 0.3) is 0 Å². The summed E-state index contributed by atoms with van der Waals surface area (Å²) in [6.45, 7) is 7.27. The van der Waals surface area contributed by atoms with Crippen LogP contribution < -0.4 is 0 Å². The number of hydrogen-bond acceptors (Lipinski definition) is 5. The van der Waals surface area contributed by atoms with Crippen molar-refractivity contribution in [3.8, 4) is 11.1 Å². The van der Waals surface area contributed by atoms with Gasteiger partial charge in [0.1, 0.15) is 6.10 Å². The van der Waals surface area contributed by atoms with E-state index in [2.05, 4.69) is 0 Å². The number of carboxylic acids is 3. The zero-order valence-corrected chi connectivity index (χ0v) is 19.8. The summed E-state index contributed by atoms with van der Waals surface area (Å²) in [5.74, 6) is -4.82. The first-order valence-corrected chi connectivity index (χ1v) is 11.2. The monoisotopic (exact) mass is 470 g/mol. The summed E-state index contributed by atoms with van der Waals surface area (Å²) in [7, 11) is 0. The summed E-state index contributed by atoms with van der Waals surface area (Å²) >= 11 is 0. The summed E-state index contributed by atoms with van der Waals surface area (Å²) in [5.41, 5.74) is 0.677. The second-order valence-electron chi connectivity index (χ2n) is 8.30. The summed E-state index contributed by atoms with van der Waals surface area (Å²) in [4.78, 5) is 48.1. The van der Waals surface area contributed by atoms with Crippen LogP contribution in [0.3, 0.4) is 0 Å². The number of rotatable bonds is 11. The van der Waals surface area contributed by atoms with Crippen LogP contribution in [-0.2, 0) is 4.74 Å². The summed E-state index contributed by atoms with van der Waals surface area (Å²) in [6, 6.07) is 5.23. The quantitative estimate of drug-likeness (QED) is 0.362. The lowest BCUT2D eigenvalue weighted by atomic mass is 9.89. The van der Waals surface area contributed by atoms with Gasteiger partial charge in [-0.2, -0.15) is 0 Å². The Hall–Kier alpha value is -3.68. The van der Waals surface area contributed by atoms with E-state index in [0.29, 0.717) is 35.1 Å². The van der Waals surface area contributed by atoms with Crippen molar-refractivity contribution >= 4 is 23.9 Å². The number of benzene rings is 2. The van der Waals surface area contributed by atoms with E-state index in [1.165, 1.54) is 24.3 Å². The molecule has 0 aliphatic rings. The van der Waals surface area contributed by atoms with E-state index in [-0.39, 0.29) is 22.8 Å². The number of unbranched alkanes of at least 4 members (excludes halogenated alkanes) is 1. The van der Waals surface area contributed by atoms with Gasteiger partial charge in [0, 0.05) is 0 Å². The molecule has 1 atom stereocenters. The number of hydrogen-bond donors (Lipinski definition) is 3. The summed E-state index contributed by atoms with van der Waals surface area (Å²) in [5, 5.41) is 28.6. The number of carbonyl (C=O) groups excluding carboxylic acids is 1. The molecule has 1 unspecified atom stereocenters. The van der Waals surface area contributed by atoms with Gasteiger partial charge in [0.2, 0.25) is 0 Å². The lowest BCUT2D eigenvalue weighted by Crippen LogP contribution is -2.20. The molecule has 2 rings (SSSR count). The molecule has 0 heterocycles. The normalized spacial score (nSPS) is 11.6. The van der Waals surface area contributed by atoms with Crippen molar-refractivity contribution in [2.45, 2.75) is 65.9 Å². The fraction of sp³-hybridized carbons (Fsp3) is 0.385. The molecule has 0 saturated carbocycles. The van der Waals surface area contributed by atoms with Crippen molar-refractivity contribution in [3.05, 3.63) is 57.6 Å². The molecule has 0 aliphatic heterocycles. The van der Waals surface area contributed by atoms with E-state index in [1.54, 1.807) is 13.8 Å². The summed E-state index contributed by atoms with van der Waals surface area (Å²) in [6.07, 6.45) is 3.61. The minimum atomic E-state index is -1.41. The highest BCUT2D eigenvalue weighted by Crippen LogP contribution is 2.32. The maximum atomic E-state index is 13.1. The fourth-order valence-corrected chi connectivity index (χ4v) is 3.93. The Balaban J connectivity index is 2.65. The SMILES string of the molecule is CCCCC(CCC)OC(=O)c1cc(-c2cc(C(=O)O)c(C(=O)O)cc2C)c(C)cc1C(=O)O. The van der Waals surface area contributed by atoms with Crippen molar-refractivity contribution in [3.63, 3.8) is 0 Å². The van der Waals surface area contributed by atoms with Crippen LogP contribution in [0.15, 0.2) is 24.3 Å². The van der Waals surface area contributed by atoms with Crippen molar-refractivity contribution in [2.24, 2.45) is 0 Å². The van der Waals surface area contributed by atoms with Crippen LogP contribution in [0.25, 0.3) is 11.1 Å². The van der Waals surface area contributed by atoms with Crippen LogP contribution >= 0.6 is 0 Å². The Morgan fingerprint density at radius 1 is 0.706 bits per heavy atom. The summed E-state index contributed by atoms with van der Waals surface area (Å²) < 4.78 is 5.67. The van der Waals surface area contributed by atoms with Crippen molar-refractivity contribution in [1.82, 2.24) is 0 Å². The first-order valence-electron chi connectivity index (χ1n) is 11.2. The average Bonchev–Trinajstić information content (AvgIpc) is 2.76. The van der Waals surface area contributed by atoms with Gasteiger partial charge in [0.05, 0.1) is 22.3 Å². The van der Waals surface area contributed by atoms with E-state index in [1.807, 2.05) is 13.8 Å². The van der Waals surface area contributed by atoms with Crippen LogP contribution in [0.5, 0.6) is 0 Å². The minimum Gasteiger partial charge on any atom is -0.478 e. The van der Waals surface area contributed by atoms with Gasteiger partial charge in [-0.05, 0) is 73.2 Å². The van der Waals surface area contributed by atoms with Crippen molar-refractivity contribution in [2.75, 3.05) is 0 Å². The topological polar surface area (TPSA) is 138 Å². The molecular formula is C26H30O8. The molecule has 0 radical (unpaired) electrons. The number of carboxylic acid groups (broad SMARTS) is 3. The first kappa shape index (κ1) is 26.6. The molecule has 2 aromatic rings. The molecule has 0 spiro atoms. The molecule has 0 aliphatic carbocycles. The van der Waals surface area contributed by atoms with Gasteiger partial charge in [-0.15, -0.1) is 0 Å². The third kappa shape index (κ3) is 6.01. The zero-order chi connectivity index (χ0) is 25.6. The Labute approximate surface area is 198 Å². The molecule has 0 bridgehead atoms. The van der Waals surface area contributed by atoms with Gasteiger partial charge in [-0.3, -0.25) is 0 Å². The number of carbonyl (C=O) groups is 4. The Bertz CT molecular complexity index is 1120. The van der Waals surface area contributed by atoms with E-state index in [4.69, 9.17) is 4.74 Å². The second kappa shape index (κ2) is 11.4. The molecule has 2 aromatic carbocycles. The number of esters is 1. The van der Waals surface area contributed by atoms with Crippen LogP contribution in [0, 0.1) is 13.8 Å². The van der Waals surface area contributed by atoms with Crippen molar-refractivity contribution < 1.29 is 39.2 Å². The van der Waals surface area contributed by atoms with Crippen LogP contribution in [0.2, 0.25) is 0 Å². The Morgan fingerprint density at radius 3 is 1.59 bits per heavy atom. The number of aryl methyl sites for hydroxylation is 2. The van der Waals surface area contributed by atoms with Gasteiger partial charge in [-0.1, -0.05) is 33.1 Å². The molecule has 0 amide bonds. The van der Waals surface area contributed by atoms with E-state index in [0.717, 1.165) is 19.3 Å². The van der Waals surface area contributed by atoms with Gasteiger partial charge < -0.3 is 20.1 Å². The number of aromatic carboxylic acids is 3. The standard InChI is InChI=1S/C26H30O8/c1-5-7-9-16(8-6-2)34-26(33)22-13-18(15(4)11-20(22)24(29)30)17-12-21(25(31)32)19(23(27)28)10-14(17)3/h10-13,16H,5-9H2,1-4H3,(H,27,28)(H,29,30)(H,31,32). The minimum absolute atomic E-state index is 0.135. The molecule has 0 aromatic heterocycles. The largest absolute Gasteiger partial charge is 0.478 e. The van der Waals surface area contributed by atoms with Crippen LogP contribution in [0.4, 0.5) is 0 Å². The smallest absolute Gasteiger partial charge is 0.339 e. The molecule has 8 heteroatoms. The molecule has 0 fully saturated rings. The molecule has 3 N–H and O–H groups in total. The molecular weight excluding hydrogens is 440 g/mol. The fourth-order valence-electron chi connectivity index (χ4n) is 3.93. The maximum Gasteiger partial charge on any atom is 0.339 e. The lowest BCUT2D eigenvalue weighted by molar-refractivity contribution is 0.0249. The Kier molecular flexibility index (Phi) is 8.95. The highest BCUT2D eigenvalue weighted by atomic mass is 16.5. The van der Waals surface area contributed by atoms with E-state index in [9.17, 15) is 34.5 Å². The molecule has 0 saturated heterocycles. The second-order valence-corrected chi connectivity index (χ2v) is 8.30.